The van der Waals surface area contributed by atoms with Crippen molar-refractivity contribution in [3.63, 3.8) is 0 Å². The number of ether oxygens (including phenoxy) is 3. The van der Waals surface area contributed by atoms with Gasteiger partial charge in [0.05, 0.1) is 25.2 Å². The summed E-state index contributed by atoms with van der Waals surface area (Å²) >= 11 is 0.794. The molecule has 1 fully saturated rings. The second kappa shape index (κ2) is 10.0. The average molecular weight is 393 g/mol. The number of hydrogen-bond acceptors (Lipinski definition) is 7. The van der Waals surface area contributed by atoms with Gasteiger partial charge in [0.15, 0.2) is 11.5 Å². The summed E-state index contributed by atoms with van der Waals surface area (Å²) in [5.41, 5.74) is 0.686. The molecule has 1 aromatic rings. The van der Waals surface area contributed by atoms with Crippen LogP contribution in [0.3, 0.4) is 0 Å². The van der Waals surface area contributed by atoms with Gasteiger partial charge in [0.2, 0.25) is 0 Å². The number of methoxy groups -OCH3 is 1. The van der Waals surface area contributed by atoms with E-state index in [9.17, 15) is 14.4 Å². The number of imide groups is 1. The summed E-state index contributed by atoms with van der Waals surface area (Å²) < 4.78 is 15.8. The summed E-state index contributed by atoms with van der Waals surface area (Å²) in [6, 6.07) is 5.22. The summed E-state index contributed by atoms with van der Waals surface area (Å²) in [6.07, 6.45) is 3.22. The van der Waals surface area contributed by atoms with E-state index in [0.29, 0.717) is 23.7 Å². The lowest BCUT2D eigenvalue weighted by molar-refractivity contribution is -0.146. The molecule has 0 atom stereocenters. The first kappa shape index (κ1) is 20.8. The Kier molecular flexibility index (Phi) is 7.72. The smallest absolute Gasteiger partial charge is 0.326 e. The Morgan fingerprint density at radius 3 is 2.67 bits per heavy atom. The van der Waals surface area contributed by atoms with Gasteiger partial charge in [-0.2, -0.15) is 0 Å². The molecule has 0 aliphatic carbocycles. The maximum atomic E-state index is 12.5. The van der Waals surface area contributed by atoms with Gasteiger partial charge in [-0.1, -0.05) is 19.4 Å². The van der Waals surface area contributed by atoms with Gasteiger partial charge in [0, 0.05) is 0 Å². The van der Waals surface area contributed by atoms with E-state index in [1.54, 1.807) is 24.3 Å². The highest BCUT2D eigenvalue weighted by Gasteiger charge is 2.36. The molecule has 0 N–H and O–H groups in total. The Hall–Kier alpha value is -2.48. The first-order valence-electron chi connectivity index (χ1n) is 8.72. The first-order valence-corrected chi connectivity index (χ1v) is 9.53. The Bertz CT molecular complexity index is 746. The van der Waals surface area contributed by atoms with Crippen molar-refractivity contribution in [1.82, 2.24) is 4.90 Å². The highest BCUT2D eigenvalue weighted by Crippen LogP contribution is 2.34. The minimum atomic E-state index is -0.588. The number of esters is 1. The number of hydrogen-bond donors (Lipinski definition) is 0. The van der Waals surface area contributed by atoms with E-state index in [4.69, 9.17) is 14.2 Å². The van der Waals surface area contributed by atoms with Crippen molar-refractivity contribution in [2.24, 2.45) is 0 Å². The van der Waals surface area contributed by atoms with E-state index >= 15 is 0 Å². The van der Waals surface area contributed by atoms with Crippen LogP contribution in [0.5, 0.6) is 11.5 Å². The van der Waals surface area contributed by atoms with Gasteiger partial charge in [-0.25, -0.2) is 0 Å². The van der Waals surface area contributed by atoms with Crippen molar-refractivity contribution in [3.05, 3.63) is 28.7 Å². The van der Waals surface area contributed by atoms with Gasteiger partial charge in [-0.15, -0.1) is 0 Å². The topological polar surface area (TPSA) is 82.1 Å². The maximum absolute atomic E-state index is 12.5. The normalized spacial score (nSPS) is 15.4. The zero-order valence-corrected chi connectivity index (χ0v) is 16.5. The molecule has 1 aromatic carbocycles. The third kappa shape index (κ3) is 5.50. The highest BCUT2D eigenvalue weighted by atomic mass is 32.2. The van der Waals surface area contributed by atoms with Gasteiger partial charge < -0.3 is 14.2 Å². The summed E-state index contributed by atoms with van der Waals surface area (Å²) in [4.78, 5) is 37.5. The molecule has 1 heterocycles. The first-order chi connectivity index (χ1) is 13.0. The number of benzene rings is 1. The Morgan fingerprint density at radius 1 is 1.22 bits per heavy atom. The average Bonchev–Trinajstić information content (AvgIpc) is 2.90. The third-order valence-corrected chi connectivity index (χ3v) is 4.61. The van der Waals surface area contributed by atoms with Crippen LogP contribution >= 0.6 is 11.8 Å². The Morgan fingerprint density at radius 2 is 2.00 bits per heavy atom. The molecule has 27 heavy (non-hydrogen) atoms. The Labute approximate surface area is 162 Å². The van der Waals surface area contributed by atoms with E-state index in [1.807, 2.05) is 13.8 Å². The molecule has 0 saturated carbocycles. The summed E-state index contributed by atoms with van der Waals surface area (Å²) in [6.45, 7) is 4.26. The van der Waals surface area contributed by atoms with Crippen LogP contribution in [0.2, 0.25) is 0 Å². The van der Waals surface area contributed by atoms with Crippen LogP contribution in [-0.2, 0) is 14.3 Å². The lowest BCUT2D eigenvalue weighted by Gasteiger charge is -2.11. The van der Waals surface area contributed by atoms with Crippen LogP contribution in [0.4, 0.5) is 4.79 Å². The summed E-state index contributed by atoms with van der Waals surface area (Å²) in [5.74, 6) is 0.0319. The highest BCUT2D eigenvalue weighted by molar-refractivity contribution is 8.18. The molecular weight excluding hydrogens is 370 g/mol. The molecule has 0 spiro atoms. The number of rotatable bonds is 9. The molecule has 1 aliphatic heterocycles. The van der Waals surface area contributed by atoms with Gasteiger partial charge in [-0.3, -0.25) is 19.3 Å². The fourth-order valence-electron chi connectivity index (χ4n) is 2.34. The van der Waals surface area contributed by atoms with E-state index in [-0.39, 0.29) is 18.1 Å². The zero-order valence-electron chi connectivity index (χ0n) is 15.6. The molecule has 0 radical (unpaired) electrons. The van der Waals surface area contributed by atoms with Crippen LogP contribution in [-0.4, -0.2) is 48.9 Å². The SMILES string of the molecule is CCCCOC(=O)CN1C(=O)S/C(=C/c2ccc(OCC)c(OC)c2)C1=O. The molecule has 0 bridgehead atoms. The van der Waals surface area contributed by atoms with Crippen molar-refractivity contribution in [2.75, 3.05) is 26.9 Å². The zero-order chi connectivity index (χ0) is 19.8. The molecule has 2 amide bonds. The van der Waals surface area contributed by atoms with Gasteiger partial charge in [0.1, 0.15) is 6.54 Å². The molecule has 1 saturated heterocycles. The maximum Gasteiger partial charge on any atom is 0.326 e. The fourth-order valence-corrected chi connectivity index (χ4v) is 3.18. The minimum Gasteiger partial charge on any atom is -0.493 e. The van der Waals surface area contributed by atoms with Crippen LogP contribution in [0.1, 0.15) is 32.3 Å². The largest absolute Gasteiger partial charge is 0.493 e. The lowest BCUT2D eigenvalue weighted by atomic mass is 10.2. The predicted molar refractivity (Wildman–Crippen MR) is 103 cm³/mol. The molecule has 8 heteroatoms. The van der Waals surface area contributed by atoms with Crippen molar-refractivity contribution in [3.8, 4) is 11.5 Å². The van der Waals surface area contributed by atoms with Gasteiger partial charge >= 0.3 is 5.97 Å². The molecule has 2 rings (SSSR count). The number of thioether (sulfide) groups is 1. The van der Waals surface area contributed by atoms with Gasteiger partial charge in [0.25, 0.3) is 11.1 Å². The predicted octanol–water partition coefficient (Wildman–Crippen LogP) is 3.47. The molecule has 146 valence electrons. The molecule has 0 aromatic heterocycles. The lowest BCUT2D eigenvalue weighted by Crippen LogP contribution is -2.34. The summed E-state index contributed by atoms with van der Waals surface area (Å²) in [7, 11) is 1.53. The minimum absolute atomic E-state index is 0.243. The van der Waals surface area contributed by atoms with Crippen molar-refractivity contribution >= 4 is 35.0 Å². The van der Waals surface area contributed by atoms with Crippen LogP contribution in [0.15, 0.2) is 23.1 Å². The molecular formula is C19H23NO6S. The molecule has 1 aliphatic rings. The number of unbranched alkanes of at least 4 members (excludes halogenated alkanes) is 1. The quantitative estimate of drug-likeness (QED) is 0.361. The number of amides is 2. The third-order valence-electron chi connectivity index (χ3n) is 3.71. The second-order valence-electron chi connectivity index (χ2n) is 5.69. The fraction of sp³-hybridized carbons (Fsp3) is 0.421. The van der Waals surface area contributed by atoms with Crippen LogP contribution in [0, 0.1) is 0 Å². The van der Waals surface area contributed by atoms with E-state index in [2.05, 4.69) is 0 Å². The monoisotopic (exact) mass is 393 g/mol. The molecule has 7 nitrogen and oxygen atoms in total. The number of nitrogens with zero attached hydrogens (tertiary/aromatic N) is 1. The van der Waals surface area contributed by atoms with Crippen molar-refractivity contribution in [2.45, 2.75) is 26.7 Å². The van der Waals surface area contributed by atoms with Crippen molar-refractivity contribution in [1.29, 1.82) is 0 Å². The standard InChI is InChI=1S/C19H23NO6S/c1-4-6-9-26-17(21)12-20-18(22)16(27-19(20)23)11-13-7-8-14(25-5-2)15(10-13)24-3/h7-8,10-11H,4-6,9,12H2,1-3H3/b16-11+. The van der Waals surface area contributed by atoms with E-state index in [0.717, 1.165) is 29.5 Å². The Balaban J connectivity index is 2.10. The van der Waals surface area contributed by atoms with Crippen molar-refractivity contribution < 1.29 is 28.6 Å². The number of carbonyl (C=O) groups excluding carboxylic acids is 3. The van der Waals surface area contributed by atoms with Crippen LogP contribution in [0.25, 0.3) is 6.08 Å². The van der Waals surface area contributed by atoms with Gasteiger partial charge in [-0.05, 0) is 48.9 Å². The second-order valence-corrected chi connectivity index (χ2v) is 6.68. The summed E-state index contributed by atoms with van der Waals surface area (Å²) in [5, 5.41) is -0.489. The van der Waals surface area contributed by atoms with Crippen LogP contribution < -0.4 is 9.47 Å². The molecule has 0 unspecified atom stereocenters. The van der Waals surface area contributed by atoms with E-state index < -0.39 is 17.1 Å². The van der Waals surface area contributed by atoms with E-state index in [1.165, 1.54) is 7.11 Å². The number of carbonyl (C=O) groups is 3.